The van der Waals surface area contributed by atoms with Gasteiger partial charge < -0.3 is 36.6 Å². The van der Waals surface area contributed by atoms with Crippen molar-refractivity contribution in [3.8, 4) is 0 Å². The molecule has 6 unspecified atom stereocenters. The van der Waals surface area contributed by atoms with Crippen molar-refractivity contribution in [2.24, 2.45) is 23.0 Å². The lowest BCUT2D eigenvalue weighted by Gasteiger charge is -2.36. The van der Waals surface area contributed by atoms with Gasteiger partial charge in [0.2, 0.25) is 17.6 Å². The van der Waals surface area contributed by atoms with E-state index >= 15 is 0 Å². The predicted octanol–water partition coefficient (Wildman–Crippen LogP) is 1.63. The molecule has 1 heterocycles. The number of carbonyl (C=O) groups excluding carboxylic acids is 6. The summed E-state index contributed by atoms with van der Waals surface area (Å²) in [6, 6.07) is 3.74. The number of ether oxygens (including phenoxy) is 1. The van der Waals surface area contributed by atoms with Crippen LogP contribution in [0.1, 0.15) is 73.3 Å². The highest BCUT2D eigenvalue weighted by Gasteiger charge is 2.47. The van der Waals surface area contributed by atoms with Gasteiger partial charge in [0.25, 0.3) is 5.91 Å². The van der Waals surface area contributed by atoms with Gasteiger partial charge in [-0.3, -0.25) is 19.2 Å². The van der Waals surface area contributed by atoms with Crippen LogP contribution < -0.4 is 27.0 Å². The molecule has 1 aliphatic rings. The lowest BCUT2D eigenvalue weighted by molar-refractivity contribution is -0.148. The Labute approximate surface area is 272 Å². The molecule has 5 amide bonds. The van der Waals surface area contributed by atoms with E-state index in [1.165, 1.54) is 4.90 Å². The number of nitrogens with two attached hydrogens (primary N) is 1. The molecule has 2 rings (SSSR count). The predicted molar refractivity (Wildman–Crippen MR) is 173 cm³/mol. The van der Waals surface area contributed by atoms with Crippen LogP contribution in [0.25, 0.3) is 0 Å². The van der Waals surface area contributed by atoms with Gasteiger partial charge in [-0.2, -0.15) is 0 Å². The number of Topliss-reactive ketones (excluding diaryl/α,β-unsaturated/α-hetero) is 1. The molecule has 1 aliphatic heterocycles. The molecule has 13 heteroatoms. The van der Waals surface area contributed by atoms with Gasteiger partial charge in [0.05, 0.1) is 6.04 Å². The fourth-order valence-electron chi connectivity index (χ4n) is 5.34. The molecule has 1 saturated heterocycles. The Hall–Kier alpha value is -4.00. The number of hydrogen-bond acceptors (Lipinski definition) is 8. The molecule has 1 fully saturated rings. The number of nitrogens with zero attached hydrogens (tertiary/aromatic N) is 1. The van der Waals surface area contributed by atoms with Gasteiger partial charge in [-0.1, -0.05) is 85.2 Å². The van der Waals surface area contributed by atoms with Crippen molar-refractivity contribution in [1.29, 1.82) is 0 Å². The van der Waals surface area contributed by atoms with Crippen LogP contribution >= 0.6 is 0 Å². The van der Waals surface area contributed by atoms with Crippen molar-refractivity contribution >= 4 is 35.5 Å². The summed E-state index contributed by atoms with van der Waals surface area (Å²) in [5.41, 5.74) is 5.27. The minimum absolute atomic E-state index is 0.0216. The summed E-state index contributed by atoms with van der Waals surface area (Å²) in [4.78, 5) is 79.7. The highest BCUT2D eigenvalue weighted by molar-refractivity contribution is 6.37. The second-order valence-electron chi connectivity index (χ2n) is 13.4. The lowest BCUT2D eigenvalue weighted by Crippen LogP contribution is -2.63. The number of rotatable bonds is 15. The number of ketones is 1. The third-order valence-electron chi connectivity index (χ3n) is 8.35. The number of benzene rings is 1. The molecule has 0 bridgehead atoms. The summed E-state index contributed by atoms with van der Waals surface area (Å²) in [5.74, 6) is -4.07. The first-order valence-electron chi connectivity index (χ1n) is 15.9. The number of carbonyl (C=O) groups is 6. The standard InChI is InChI=1S/C33H52N6O7/c1-9-20(4)17-23(26(40)28(34)41)36-29(42)25-22(35-8)15-16-39(25)30(43)27(33(5,6)7)38-32(45)37-24(19(2)3)31(44)46-18-21-13-11-10-12-14-21/h10-14,19-20,22-25,27,35H,9,15-18H2,1-8H3,(H2,34,41)(H,36,42)(H2,37,38,45). The smallest absolute Gasteiger partial charge is 0.329 e. The molecule has 6 atom stereocenters. The van der Waals surface area contributed by atoms with E-state index in [0.717, 1.165) is 12.0 Å². The summed E-state index contributed by atoms with van der Waals surface area (Å²) in [6.45, 7) is 12.9. The number of nitrogens with one attached hydrogen (secondary N) is 4. The van der Waals surface area contributed by atoms with Crippen molar-refractivity contribution in [2.45, 2.75) is 105 Å². The molecule has 0 radical (unpaired) electrons. The molecule has 0 aromatic heterocycles. The van der Waals surface area contributed by atoms with E-state index in [0.29, 0.717) is 6.42 Å². The van der Waals surface area contributed by atoms with Crippen molar-refractivity contribution < 1.29 is 33.5 Å². The quantitative estimate of drug-likeness (QED) is 0.141. The van der Waals surface area contributed by atoms with E-state index in [4.69, 9.17) is 10.5 Å². The van der Waals surface area contributed by atoms with Crippen LogP contribution in [-0.4, -0.2) is 84.2 Å². The minimum atomic E-state index is -1.15. The van der Waals surface area contributed by atoms with E-state index < -0.39 is 71.1 Å². The minimum Gasteiger partial charge on any atom is -0.459 e. The fraction of sp³-hybridized carbons (Fsp3) is 0.636. The monoisotopic (exact) mass is 644 g/mol. The number of esters is 1. The maximum atomic E-state index is 14.1. The van der Waals surface area contributed by atoms with Crippen LogP contribution in [0.15, 0.2) is 30.3 Å². The molecule has 13 nitrogen and oxygen atoms in total. The molecule has 0 aliphatic carbocycles. The fourth-order valence-corrected chi connectivity index (χ4v) is 5.34. The van der Waals surface area contributed by atoms with Crippen molar-refractivity contribution in [1.82, 2.24) is 26.2 Å². The highest BCUT2D eigenvalue weighted by Crippen LogP contribution is 2.27. The summed E-state index contributed by atoms with van der Waals surface area (Å²) in [7, 11) is 1.67. The summed E-state index contributed by atoms with van der Waals surface area (Å²) in [5, 5.41) is 11.1. The van der Waals surface area contributed by atoms with Crippen LogP contribution in [0.2, 0.25) is 0 Å². The topological polar surface area (TPSA) is 189 Å². The molecule has 1 aromatic rings. The van der Waals surface area contributed by atoms with Gasteiger partial charge in [0.1, 0.15) is 24.7 Å². The van der Waals surface area contributed by atoms with E-state index in [9.17, 15) is 28.8 Å². The number of likely N-dealkylation sites (N-methyl/N-ethyl adjacent to an activating group) is 1. The first-order chi connectivity index (χ1) is 21.5. The maximum Gasteiger partial charge on any atom is 0.329 e. The van der Waals surface area contributed by atoms with Gasteiger partial charge in [-0.05, 0) is 42.7 Å². The zero-order valence-electron chi connectivity index (χ0n) is 28.3. The molecule has 46 heavy (non-hydrogen) atoms. The third kappa shape index (κ3) is 10.5. The van der Waals surface area contributed by atoms with E-state index in [1.807, 2.05) is 44.2 Å². The van der Waals surface area contributed by atoms with Gasteiger partial charge in [0.15, 0.2) is 0 Å². The molecule has 0 spiro atoms. The van der Waals surface area contributed by atoms with Crippen LogP contribution in [-0.2, 0) is 35.3 Å². The Morgan fingerprint density at radius 1 is 1.00 bits per heavy atom. The zero-order valence-corrected chi connectivity index (χ0v) is 28.3. The zero-order chi connectivity index (χ0) is 34.8. The van der Waals surface area contributed by atoms with Crippen LogP contribution in [0.4, 0.5) is 4.79 Å². The van der Waals surface area contributed by atoms with Crippen molar-refractivity contribution in [2.75, 3.05) is 13.6 Å². The van der Waals surface area contributed by atoms with E-state index in [2.05, 4.69) is 21.3 Å². The lowest BCUT2D eigenvalue weighted by atomic mass is 9.85. The number of likely N-dealkylation sites (tertiary alicyclic amines) is 1. The SMILES string of the molecule is CCC(C)CC(NC(=O)C1C(NC)CCN1C(=O)C(NC(=O)NC(C(=O)OCc1ccccc1)C(C)C)C(C)(C)C)C(=O)C(N)=O. The number of amides is 5. The van der Waals surface area contributed by atoms with Crippen molar-refractivity contribution in [3.05, 3.63) is 35.9 Å². The molecular formula is C33H52N6O7. The normalized spacial score (nSPS) is 19.0. The Balaban J connectivity index is 2.24. The molecule has 6 N–H and O–H groups in total. The van der Waals surface area contributed by atoms with Crippen LogP contribution in [0.3, 0.4) is 0 Å². The van der Waals surface area contributed by atoms with Gasteiger partial charge >= 0.3 is 12.0 Å². The average Bonchev–Trinajstić information content (AvgIpc) is 3.44. The summed E-state index contributed by atoms with van der Waals surface area (Å²) >= 11 is 0. The van der Waals surface area contributed by atoms with Crippen LogP contribution in [0.5, 0.6) is 0 Å². The maximum absolute atomic E-state index is 14.1. The van der Waals surface area contributed by atoms with E-state index in [-0.39, 0.29) is 31.4 Å². The molecular weight excluding hydrogens is 592 g/mol. The van der Waals surface area contributed by atoms with Gasteiger partial charge in [-0.25, -0.2) is 9.59 Å². The third-order valence-corrected chi connectivity index (χ3v) is 8.35. The number of urea groups is 1. The second-order valence-corrected chi connectivity index (χ2v) is 13.4. The number of primary amides is 1. The number of hydrogen-bond donors (Lipinski definition) is 5. The first kappa shape index (κ1) is 38.2. The van der Waals surface area contributed by atoms with E-state index in [1.54, 1.807) is 41.7 Å². The largest absolute Gasteiger partial charge is 0.459 e. The Kier molecular flexibility index (Phi) is 14.2. The highest BCUT2D eigenvalue weighted by atomic mass is 16.5. The van der Waals surface area contributed by atoms with Gasteiger partial charge in [0, 0.05) is 12.6 Å². The molecule has 0 saturated carbocycles. The first-order valence-corrected chi connectivity index (χ1v) is 15.9. The van der Waals surface area contributed by atoms with Crippen LogP contribution in [0, 0.1) is 17.3 Å². The molecule has 1 aromatic carbocycles. The molecule has 256 valence electrons. The van der Waals surface area contributed by atoms with Crippen molar-refractivity contribution in [3.63, 3.8) is 0 Å². The average molecular weight is 645 g/mol. The second kappa shape index (κ2) is 17.1. The Bertz CT molecular complexity index is 1230. The summed E-state index contributed by atoms with van der Waals surface area (Å²) < 4.78 is 5.45. The summed E-state index contributed by atoms with van der Waals surface area (Å²) in [6.07, 6.45) is 1.37. The Morgan fingerprint density at radius 3 is 2.15 bits per heavy atom. The Morgan fingerprint density at radius 2 is 1.63 bits per heavy atom. The van der Waals surface area contributed by atoms with Gasteiger partial charge in [-0.15, -0.1) is 0 Å².